The zero-order chi connectivity index (χ0) is 9.94. The lowest BCUT2D eigenvalue weighted by atomic mass is 10.1. The molecule has 0 heterocycles. The fraction of sp³-hybridized carbons (Fsp3) is 0.667. The van der Waals surface area contributed by atoms with Gasteiger partial charge < -0.3 is 0 Å². The van der Waals surface area contributed by atoms with E-state index in [1.165, 1.54) is 0 Å². The van der Waals surface area contributed by atoms with Gasteiger partial charge in [-0.15, -0.1) is 0 Å². The second-order valence-electron chi connectivity index (χ2n) is 2.18. The molecule has 0 unspecified atom stereocenters. The molecule has 0 amide bonds. The molecular weight excluding hydrogens is 180 g/mol. The zero-order valence-corrected chi connectivity index (χ0v) is 6.11. The summed E-state index contributed by atoms with van der Waals surface area (Å²) in [6.45, 7) is 0.784. The van der Waals surface area contributed by atoms with E-state index in [2.05, 4.69) is 0 Å². The first-order valence-corrected chi connectivity index (χ1v) is 3.02. The molecule has 0 aliphatic heterocycles. The van der Waals surface area contributed by atoms with E-state index >= 15 is 0 Å². The van der Waals surface area contributed by atoms with Crippen molar-refractivity contribution in [2.24, 2.45) is 0 Å². The zero-order valence-electron chi connectivity index (χ0n) is 6.11. The molecule has 0 aromatic heterocycles. The Bertz CT molecular complexity index is 194. The Hall–Kier alpha value is -0.940. The van der Waals surface area contributed by atoms with Crippen LogP contribution in [0, 0.1) is 0 Å². The van der Waals surface area contributed by atoms with E-state index < -0.39 is 30.3 Å². The van der Waals surface area contributed by atoms with Gasteiger partial charge in [0.15, 0.2) is 12.0 Å². The van der Waals surface area contributed by atoms with Crippen LogP contribution in [0.4, 0.5) is 17.6 Å². The van der Waals surface area contributed by atoms with E-state index in [9.17, 15) is 27.2 Å². The molecule has 0 saturated heterocycles. The van der Waals surface area contributed by atoms with E-state index in [-0.39, 0.29) is 0 Å². The lowest BCUT2D eigenvalue weighted by molar-refractivity contribution is -0.172. The highest BCUT2D eigenvalue weighted by molar-refractivity contribution is 6.03. The first-order valence-electron chi connectivity index (χ1n) is 3.02. The van der Waals surface area contributed by atoms with Crippen molar-refractivity contribution in [2.45, 2.75) is 25.7 Å². The number of rotatable bonds is 3. The maximum Gasteiger partial charge on any atom is 0.450 e. The Morgan fingerprint density at radius 1 is 1.33 bits per heavy atom. The second-order valence-corrected chi connectivity index (χ2v) is 2.18. The van der Waals surface area contributed by atoms with Gasteiger partial charge in [-0.1, -0.05) is 0 Å². The first kappa shape index (κ1) is 11.1. The van der Waals surface area contributed by atoms with Crippen LogP contribution in [0.3, 0.4) is 0 Å². The molecule has 2 nitrogen and oxygen atoms in total. The molecule has 0 saturated carbocycles. The van der Waals surface area contributed by atoms with Crippen LogP contribution in [0.2, 0.25) is 0 Å². The Balaban J connectivity index is 4.12. The highest BCUT2D eigenvalue weighted by Gasteiger charge is 2.39. The summed E-state index contributed by atoms with van der Waals surface area (Å²) in [5.41, 5.74) is 0. The van der Waals surface area contributed by atoms with Crippen molar-refractivity contribution in [3.63, 3.8) is 0 Å². The number of carbonyl (C=O) groups is 2. The van der Waals surface area contributed by atoms with Crippen LogP contribution in [-0.2, 0) is 9.59 Å². The normalized spacial score (nSPS) is 14.1. The Kier molecular flexibility index (Phi) is 3.36. The van der Waals surface area contributed by atoms with Gasteiger partial charge >= 0.3 is 6.18 Å². The van der Waals surface area contributed by atoms with Crippen molar-refractivity contribution in [3.05, 3.63) is 0 Å². The minimum Gasteiger partial charge on any atom is -0.296 e. The second kappa shape index (κ2) is 3.64. The lowest BCUT2D eigenvalue weighted by Crippen LogP contribution is -2.27. The minimum absolute atomic E-state index is 0.784. The van der Waals surface area contributed by atoms with Crippen molar-refractivity contribution >= 4 is 11.6 Å². The third kappa shape index (κ3) is 3.45. The molecule has 0 aromatic carbocycles. The highest BCUT2D eigenvalue weighted by atomic mass is 19.4. The van der Waals surface area contributed by atoms with Crippen molar-refractivity contribution in [1.29, 1.82) is 0 Å². The number of halogens is 4. The van der Waals surface area contributed by atoms with Crippen molar-refractivity contribution in [2.75, 3.05) is 0 Å². The maximum atomic E-state index is 12.0. The highest BCUT2D eigenvalue weighted by Crippen LogP contribution is 2.18. The number of carbonyl (C=O) groups excluding carboxylic acids is 2. The van der Waals surface area contributed by atoms with E-state index in [0.29, 0.717) is 0 Å². The summed E-state index contributed by atoms with van der Waals surface area (Å²) >= 11 is 0. The first-order chi connectivity index (χ1) is 5.25. The van der Waals surface area contributed by atoms with Crippen molar-refractivity contribution in [3.8, 4) is 0 Å². The average Bonchev–Trinajstić information content (AvgIpc) is 1.85. The summed E-state index contributed by atoms with van der Waals surface area (Å²) in [6, 6.07) is 0. The molecule has 0 rings (SSSR count). The quantitative estimate of drug-likeness (QED) is 0.493. The Morgan fingerprint density at radius 3 is 2.00 bits per heavy atom. The van der Waals surface area contributed by atoms with Crippen LogP contribution < -0.4 is 0 Å². The molecule has 6 heteroatoms. The van der Waals surface area contributed by atoms with E-state index in [1.807, 2.05) is 0 Å². The van der Waals surface area contributed by atoms with Gasteiger partial charge in [0.1, 0.15) is 0 Å². The van der Waals surface area contributed by atoms with Crippen LogP contribution in [0.1, 0.15) is 13.3 Å². The van der Waals surface area contributed by atoms with Gasteiger partial charge in [0.05, 0.1) is 6.42 Å². The molecule has 0 N–H and O–H groups in total. The number of alkyl halides is 4. The summed E-state index contributed by atoms with van der Waals surface area (Å²) in [4.78, 5) is 20.4. The van der Waals surface area contributed by atoms with Crippen LogP contribution in [0.25, 0.3) is 0 Å². The largest absolute Gasteiger partial charge is 0.450 e. The van der Waals surface area contributed by atoms with Gasteiger partial charge in [-0.05, 0) is 6.92 Å². The lowest BCUT2D eigenvalue weighted by Gasteiger charge is -2.04. The predicted octanol–water partition coefficient (Wildman–Crippen LogP) is 1.44. The molecule has 1 atom stereocenters. The smallest absolute Gasteiger partial charge is 0.296 e. The maximum absolute atomic E-state index is 12.0. The summed E-state index contributed by atoms with van der Waals surface area (Å²) < 4.78 is 46.3. The molecule has 0 spiro atoms. The minimum atomic E-state index is -5.05. The van der Waals surface area contributed by atoms with Crippen LogP contribution >= 0.6 is 0 Å². The summed E-state index contributed by atoms with van der Waals surface area (Å²) in [5, 5.41) is 0. The van der Waals surface area contributed by atoms with E-state index in [1.54, 1.807) is 0 Å². The topological polar surface area (TPSA) is 34.1 Å². The summed E-state index contributed by atoms with van der Waals surface area (Å²) in [7, 11) is 0. The van der Waals surface area contributed by atoms with Gasteiger partial charge in [0, 0.05) is 0 Å². The fourth-order valence-electron chi connectivity index (χ4n) is 0.399. The molecule has 0 aliphatic carbocycles. The van der Waals surface area contributed by atoms with Gasteiger partial charge in [-0.25, -0.2) is 4.39 Å². The molecular formula is C6H6F4O2. The summed E-state index contributed by atoms with van der Waals surface area (Å²) in [5.74, 6) is -3.56. The third-order valence-electron chi connectivity index (χ3n) is 1.09. The SMILES string of the molecule is C[C@H](F)C(=O)CC(=O)C(F)(F)F. The van der Waals surface area contributed by atoms with Crippen LogP contribution in [0.5, 0.6) is 0 Å². The molecule has 0 fully saturated rings. The fourth-order valence-corrected chi connectivity index (χ4v) is 0.399. The van der Waals surface area contributed by atoms with E-state index in [0.717, 1.165) is 6.92 Å². The van der Waals surface area contributed by atoms with Gasteiger partial charge in [-0.3, -0.25) is 9.59 Å². The molecule has 0 bridgehead atoms. The molecule has 70 valence electrons. The van der Waals surface area contributed by atoms with Crippen molar-refractivity contribution in [1.82, 2.24) is 0 Å². The predicted molar refractivity (Wildman–Crippen MR) is 31.3 cm³/mol. The third-order valence-corrected chi connectivity index (χ3v) is 1.09. The average molecular weight is 186 g/mol. The monoisotopic (exact) mass is 186 g/mol. The van der Waals surface area contributed by atoms with E-state index in [4.69, 9.17) is 0 Å². The number of Topliss-reactive ketones (excluding diaryl/α,β-unsaturated/α-hetero) is 2. The number of hydrogen-bond acceptors (Lipinski definition) is 2. The Labute approximate surface area is 65.5 Å². The molecule has 0 aliphatic rings. The molecule has 0 radical (unpaired) electrons. The molecule has 0 aromatic rings. The standard InChI is InChI=1S/C6H6F4O2/c1-3(7)4(11)2-5(12)6(8,9)10/h3H,2H2,1H3/t3-/m0/s1. The van der Waals surface area contributed by atoms with Crippen LogP contribution in [0.15, 0.2) is 0 Å². The molecule has 12 heavy (non-hydrogen) atoms. The van der Waals surface area contributed by atoms with Gasteiger partial charge in [0.25, 0.3) is 0 Å². The summed E-state index contributed by atoms with van der Waals surface area (Å²) in [6.07, 6.45) is -8.50. The van der Waals surface area contributed by atoms with Gasteiger partial charge in [0.2, 0.25) is 5.78 Å². The van der Waals surface area contributed by atoms with Crippen LogP contribution in [-0.4, -0.2) is 23.9 Å². The number of hydrogen-bond donors (Lipinski definition) is 0. The van der Waals surface area contributed by atoms with Crippen molar-refractivity contribution < 1.29 is 27.2 Å². The number of ketones is 2. The van der Waals surface area contributed by atoms with Gasteiger partial charge in [-0.2, -0.15) is 13.2 Å². The Morgan fingerprint density at radius 2 is 1.75 bits per heavy atom.